The largest absolute Gasteiger partial charge is 0.505 e. The molecule has 0 atom stereocenters. The van der Waals surface area contributed by atoms with Crippen LogP contribution in [-0.2, 0) is 20.2 Å². The van der Waals surface area contributed by atoms with E-state index in [1.54, 1.807) is 0 Å². The van der Waals surface area contributed by atoms with Crippen LogP contribution in [0, 0.1) is 10.1 Å². The van der Waals surface area contributed by atoms with E-state index in [1.165, 1.54) is 13.2 Å². The summed E-state index contributed by atoms with van der Waals surface area (Å²) in [6.07, 6.45) is 0. The van der Waals surface area contributed by atoms with E-state index in [0.29, 0.717) is 6.07 Å². The van der Waals surface area contributed by atoms with Gasteiger partial charge in [-0.3, -0.25) is 19.2 Å². The van der Waals surface area contributed by atoms with Crippen LogP contribution in [-0.4, -0.2) is 48.2 Å². The summed E-state index contributed by atoms with van der Waals surface area (Å²) in [6.45, 7) is 0. The number of nitro groups is 1. The molecule has 0 saturated carbocycles. The monoisotopic (exact) mass is 553 g/mol. The van der Waals surface area contributed by atoms with Gasteiger partial charge < -0.3 is 14.9 Å². The van der Waals surface area contributed by atoms with Gasteiger partial charge in [-0.2, -0.15) is 16.8 Å². The van der Waals surface area contributed by atoms with Crippen molar-refractivity contribution in [1.82, 2.24) is 0 Å². The quantitative estimate of drug-likeness (QED) is 0.132. The van der Waals surface area contributed by atoms with Crippen LogP contribution in [0.2, 0.25) is 0 Å². The van der Waals surface area contributed by atoms with Crippen LogP contribution in [0.25, 0.3) is 0 Å². The summed E-state index contributed by atoms with van der Waals surface area (Å²) in [5.41, 5.74) is -1.99. The van der Waals surface area contributed by atoms with Crippen LogP contribution in [0.1, 0.15) is 0 Å². The van der Waals surface area contributed by atoms with Gasteiger partial charge in [-0.25, -0.2) is 0 Å². The molecule has 16 nitrogen and oxygen atoms in total. The fourth-order valence-corrected chi connectivity index (χ4v) is 3.89. The molecule has 0 aliphatic rings. The van der Waals surface area contributed by atoms with Gasteiger partial charge in [-0.1, -0.05) is 0 Å². The van der Waals surface area contributed by atoms with Crippen molar-refractivity contribution >= 4 is 48.7 Å². The normalized spacial score (nSPS) is 12.3. The van der Waals surface area contributed by atoms with E-state index in [9.17, 15) is 46.3 Å². The van der Waals surface area contributed by atoms with Gasteiger partial charge in [0.15, 0.2) is 0 Å². The number of methoxy groups -OCH3 is 1. The second kappa shape index (κ2) is 10.2. The fourth-order valence-electron chi connectivity index (χ4n) is 2.74. The van der Waals surface area contributed by atoms with E-state index in [-0.39, 0.29) is 22.8 Å². The van der Waals surface area contributed by atoms with Gasteiger partial charge in [-0.05, 0) is 24.3 Å². The summed E-state index contributed by atoms with van der Waals surface area (Å²) in [6, 6.07) is 7.34. The zero-order valence-corrected chi connectivity index (χ0v) is 20.0. The molecule has 0 bridgehead atoms. The predicted octanol–water partition coefficient (Wildman–Crippen LogP) is 4.34. The maximum absolute atomic E-state index is 11.6. The highest BCUT2D eigenvalue weighted by atomic mass is 32.2. The first-order chi connectivity index (χ1) is 17.2. The number of hydrogen-bond donors (Lipinski definition) is 4. The van der Waals surface area contributed by atoms with Gasteiger partial charge >= 0.3 is 0 Å². The smallest absolute Gasteiger partial charge is 0.297 e. The average Bonchev–Trinajstić information content (AvgIpc) is 2.81. The van der Waals surface area contributed by atoms with Gasteiger partial charge in [0.2, 0.25) is 0 Å². The minimum Gasteiger partial charge on any atom is -0.505 e. The molecule has 0 aliphatic carbocycles. The number of non-ortho nitro benzene ring substituents is 1. The van der Waals surface area contributed by atoms with E-state index in [0.717, 1.165) is 36.4 Å². The first kappa shape index (κ1) is 27.1. The van der Waals surface area contributed by atoms with Crippen molar-refractivity contribution in [2.45, 2.75) is 9.79 Å². The maximum Gasteiger partial charge on any atom is 0.297 e. The van der Waals surface area contributed by atoms with Crippen LogP contribution in [0.4, 0.5) is 28.4 Å². The van der Waals surface area contributed by atoms with Crippen LogP contribution >= 0.6 is 0 Å². The highest BCUT2D eigenvalue weighted by molar-refractivity contribution is 7.86. The molecule has 0 aliphatic heterocycles. The molecule has 18 heteroatoms. The number of nitrogens with zero attached hydrogens (tertiary/aromatic N) is 5. The van der Waals surface area contributed by atoms with E-state index in [4.69, 9.17) is 4.74 Å². The Morgan fingerprint density at radius 2 is 1.32 bits per heavy atom. The molecule has 3 aromatic rings. The molecule has 37 heavy (non-hydrogen) atoms. The molecule has 194 valence electrons. The summed E-state index contributed by atoms with van der Waals surface area (Å²) in [5.74, 6) is -1.18. The standard InChI is InChI=1S/C19H15N5O11S2/c1-35-18-5-3-11(36(29,30)31)7-15(18)23-22-14-8-13(16(25)9-17(14)26)21-20-12-4-2-10(24(27)28)6-19(12)37(32,33)34/h2-9,25-26H,1H3,(H,29,30,31)(H,32,33,34). The Morgan fingerprint density at radius 1 is 0.757 bits per heavy atom. The average molecular weight is 553 g/mol. The van der Waals surface area contributed by atoms with Crippen molar-refractivity contribution in [1.29, 1.82) is 0 Å². The highest BCUT2D eigenvalue weighted by Crippen LogP contribution is 2.41. The number of ether oxygens (including phenoxy) is 1. The van der Waals surface area contributed by atoms with Crippen molar-refractivity contribution in [3.8, 4) is 17.2 Å². The van der Waals surface area contributed by atoms with Crippen molar-refractivity contribution in [3.05, 3.63) is 58.6 Å². The van der Waals surface area contributed by atoms with E-state index >= 15 is 0 Å². The summed E-state index contributed by atoms with van der Waals surface area (Å²) in [7, 11) is -8.26. The van der Waals surface area contributed by atoms with E-state index in [2.05, 4.69) is 20.5 Å². The van der Waals surface area contributed by atoms with Crippen molar-refractivity contribution in [2.24, 2.45) is 20.5 Å². The number of rotatable bonds is 8. The molecule has 0 aromatic heterocycles. The van der Waals surface area contributed by atoms with E-state index in [1.807, 2.05) is 0 Å². The third-order valence-corrected chi connectivity index (χ3v) is 6.22. The number of benzene rings is 3. The van der Waals surface area contributed by atoms with Gasteiger partial charge in [0.25, 0.3) is 25.9 Å². The third kappa shape index (κ3) is 6.38. The van der Waals surface area contributed by atoms with Crippen LogP contribution in [0.15, 0.2) is 78.8 Å². The lowest BCUT2D eigenvalue weighted by atomic mass is 10.2. The number of aromatic hydroxyl groups is 2. The number of azo groups is 2. The van der Waals surface area contributed by atoms with E-state index < -0.39 is 57.8 Å². The highest BCUT2D eigenvalue weighted by Gasteiger charge is 2.21. The number of hydrogen-bond acceptors (Lipinski definition) is 13. The van der Waals surface area contributed by atoms with Gasteiger partial charge in [0.05, 0.1) is 16.9 Å². The molecule has 3 aromatic carbocycles. The lowest BCUT2D eigenvalue weighted by Crippen LogP contribution is -2.00. The Morgan fingerprint density at radius 3 is 1.84 bits per heavy atom. The lowest BCUT2D eigenvalue weighted by Gasteiger charge is -2.06. The minimum atomic E-state index is -4.95. The zero-order chi connectivity index (χ0) is 27.5. The third-order valence-electron chi connectivity index (χ3n) is 4.48. The molecule has 0 amide bonds. The second-order valence-electron chi connectivity index (χ2n) is 6.92. The SMILES string of the molecule is COc1ccc(S(=O)(=O)O)cc1N=Nc1cc(N=Nc2ccc([N+](=O)[O-])cc2S(=O)(=O)O)c(O)cc1O. The zero-order valence-electron chi connectivity index (χ0n) is 18.3. The Labute approximate surface area is 207 Å². The number of nitro benzene ring substituents is 1. The summed E-state index contributed by atoms with van der Waals surface area (Å²) < 4.78 is 69.7. The summed E-state index contributed by atoms with van der Waals surface area (Å²) in [5, 5.41) is 45.8. The summed E-state index contributed by atoms with van der Waals surface area (Å²) in [4.78, 5) is 8.58. The van der Waals surface area contributed by atoms with Crippen LogP contribution in [0.3, 0.4) is 0 Å². The van der Waals surface area contributed by atoms with Gasteiger partial charge in [-0.15, -0.1) is 20.5 Å². The Kier molecular flexibility index (Phi) is 7.48. The minimum absolute atomic E-state index is 0.0604. The molecular weight excluding hydrogens is 538 g/mol. The second-order valence-corrected chi connectivity index (χ2v) is 9.73. The molecule has 0 fully saturated rings. The molecule has 4 N–H and O–H groups in total. The molecule has 0 radical (unpaired) electrons. The van der Waals surface area contributed by atoms with Gasteiger partial charge in [0.1, 0.15) is 44.9 Å². The maximum atomic E-state index is 11.6. The Hall–Kier alpha value is -4.52. The van der Waals surface area contributed by atoms with Crippen LogP contribution in [0.5, 0.6) is 17.2 Å². The van der Waals surface area contributed by atoms with Crippen LogP contribution < -0.4 is 4.74 Å². The van der Waals surface area contributed by atoms with Gasteiger partial charge in [0, 0.05) is 24.3 Å². The van der Waals surface area contributed by atoms with Crippen molar-refractivity contribution in [2.75, 3.05) is 7.11 Å². The first-order valence-electron chi connectivity index (χ1n) is 9.51. The first-order valence-corrected chi connectivity index (χ1v) is 12.4. The molecule has 0 saturated heterocycles. The Balaban J connectivity index is 2.04. The Bertz CT molecular complexity index is 1670. The summed E-state index contributed by atoms with van der Waals surface area (Å²) >= 11 is 0. The van der Waals surface area contributed by atoms with Crippen molar-refractivity contribution < 1.29 is 45.8 Å². The van der Waals surface area contributed by atoms with Crippen molar-refractivity contribution in [3.63, 3.8) is 0 Å². The predicted molar refractivity (Wildman–Crippen MR) is 124 cm³/mol. The lowest BCUT2D eigenvalue weighted by molar-refractivity contribution is -0.385. The molecular formula is C19H15N5O11S2. The molecule has 0 unspecified atom stereocenters. The topological polar surface area (TPSA) is 251 Å². The number of phenols is 2. The molecule has 0 heterocycles. The fraction of sp³-hybridized carbons (Fsp3) is 0.0526. The molecule has 0 spiro atoms. The number of phenolic OH excluding ortho intramolecular Hbond substituents is 2. The molecule has 3 rings (SSSR count).